The van der Waals surface area contributed by atoms with Gasteiger partial charge in [0.2, 0.25) is 5.88 Å². The van der Waals surface area contributed by atoms with Crippen molar-refractivity contribution in [2.45, 2.75) is 6.54 Å². The molecule has 0 aliphatic rings. The molecule has 2 rings (SSSR count). The van der Waals surface area contributed by atoms with Crippen molar-refractivity contribution >= 4 is 5.91 Å². The molecule has 2 aromatic heterocycles. The molecule has 2 heterocycles. The number of nitrogens with zero attached hydrogens (tertiary/aromatic N) is 2. The average Bonchev–Trinajstić information content (AvgIpc) is 2.46. The minimum Gasteiger partial charge on any atom is -0.481 e. The summed E-state index contributed by atoms with van der Waals surface area (Å²) in [6, 6.07) is 6.95. The van der Waals surface area contributed by atoms with E-state index in [1.807, 2.05) is 6.07 Å². The first kappa shape index (κ1) is 12.0. The summed E-state index contributed by atoms with van der Waals surface area (Å²) in [6.45, 7) is 0.431. The highest BCUT2D eigenvalue weighted by atomic mass is 16.5. The second-order valence-electron chi connectivity index (χ2n) is 3.63. The third-order valence-corrected chi connectivity index (χ3v) is 2.40. The molecule has 0 aliphatic heterocycles. The van der Waals surface area contributed by atoms with Gasteiger partial charge in [0, 0.05) is 36.8 Å². The van der Waals surface area contributed by atoms with E-state index in [9.17, 15) is 4.79 Å². The van der Waals surface area contributed by atoms with E-state index < -0.39 is 0 Å². The quantitative estimate of drug-likeness (QED) is 0.882. The van der Waals surface area contributed by atoms with Crippen LogP contribution in [0.2, 0.25) is 0 Å². The Morgan fingerprint density at radius 3 is 2.78 bits per heavy atom. The number of carbonyl (C=O) groups is 1. The summed E-state index contributed by atoms with van der Waals surface area (Å²) in [5.41, 5.74) is 1.52. The lowest BCUT2D eigenvalue weighted by atomic mass is 10.2. The van der Waals surface area contributed by atoms with Crippen molar-refractivity contribution in [1.29, 1.82) is 0 Å². The van der Waals surface area contributed by atoms with Crippen LogP contribution < -0.4 is 10.1 Å². The van der Waals surface area contributed by atoms with Gasteiger partial charge in [-0.05, 0) is 23.8 Å². The predicted octanol–water partition coefficient (Wildman–Crippen LogP) is 1.42. The highest BCUT2D eigenvalue weighted by molar-refractivity contribution is 5.93. The molecule has 0 spiro atoms. The summed E-state index contributed by atoms with van der Waals surface area (Å²) in [7, 11) is 1.56. The average molecular weight is 243 g/mol. The van der Waals surface area contributed by atoms with E-state index in [0.717, 1.165) is 5.56 Å². The molecule has 1 amide bonds. The summed E-state index contributed by atoms with van der Waals surface area (Å²) in [4.78, 5) is 19.7. The smallest absolute Gasteiger partial charge is 0.251 e. The van der Waals surface area contributed by atoms with Gasteiger partial charge in [-0.15, -0.1) is 0 Å². The van der Waals surface area contributed by atoms with Crippen molar-refractivity contribution in [2.75, 3.05) is 7.11 Å². The second kappa shape index (κ2) is 5.77. The Morgan fingerprint density at radius 1 is 1.28 bits per heavy atom. The maximum atomic E-state index is 11.8. The van der Waals surface area contributed by atoms with Crippen LogP contribution in [0.4, 0.5) is 0 Å². The van der Waals surface area contributed by atoms with Crippen LogP contribution in [0.15, 0.2) is 42.9 Å². The van der Waals surface area contributed by atoms with Gasteiger partial charge < -0.3 is 10.1 Å². The van der Waals surface area contributed by atoms with Gasteiger partial charge in [0.15, 0.2) is 0 Å². The zero-order valence-electron chi connectivity index (χ0n) is 9.96. The molecule has 1 N–H and O–H groups in total. The fraction of sp³-hybridized carbons (Fsp3) is 0.154. The summed E-state index contributed by atoms with van der Waals surface area (Å²) < 4.78 is 5.01. The highest BCUT2D eigenvalue weighted by Crippen LogP contribution is 2.08. The molecule has 5 nitrogen and oxygen atoms in total. The summed E-state index contributed by atoms with van der Waals surface area (Å²) in [6.07, 6.45) is 4.82. The Labute approximate surface area is 105 Å². The Balaban J connectivity index is 1.97. The van der Waals surface area contributed by atoms with Crippen LogP contribution >= 0.6 is 0 Å². The van der Waals surface area contributed by atoms with E-state index in [0.29, 0.717) is 18.0 Å². The number of nitrogens with one attached hydrogen (secondary N) is 1. The number of aromatic nitrogens is 2. The lowest BCUT2D eigenvalue weighted by Crippen LogP contribution is -2.22. The molecular formula is C13H13N3O2. The van der Waals surface area contributed by atoms with Crippen molar-refractivity contribution < 1.29 is 9.53 Å². The van der Waals surface area contributed by atoms with Gasteiger partial charge in [0.25, 0.3) is 5.91 Å². The maximum Gasteiger partial charge on any atom is 0.251 e. The number of rotatable bonds is 4. The monoisotopic (exact) mass is 243 g/mol. The molecular weight excluding hydrogens is 230 g/mol. The first-order chi connectivity index (χ1) is 8.79. The zero-order chi connectivity index (χ0) is 12.8. The van der Waals surface area contributed by atoms with Crippen molar-refractivity contribution in [3.63, 3.8) is 0 Å². The van der Waals surface area contributed by atoms with Crippen molar-refractivity contribution in [3.05, 3.63) is 54.0 Å². The first-order valence-corrected chi connectivity index (χ1v) is 5.47. The largest absolute Gasteiger partial charge is 0.481 e. The number of pyridine rings is 2. The molecule has 0 bridgehead atoms. The molecule has 0 unspecified atom stereocenters. The van der Waals surface area contributed by atoms with E-state index in [1.54, 1.807) is 43.9 Å². The Hall–Kier alpha value is -2.43. The third-order valence-electron chi connectivity index (χ3n) is 2.40. The fourth-order valence-corrected chi connectivity index (χ4v) is 1.46. The maximum absolute atomic E-state index is 11.8. The van der Waals surface area contributed by atoms with Crippen LogP contribution in [0.25, 0.3) is 0 Å². The SMILES string of the molecule is COc1cc(CNC(=O)c2ccncc2)ccn1. The molecule has 0 fully saturated rings. The van der Waals surface area contributed by atoms with Gasteiger partial charge in [-0.2, -0.15) is 0 Å². The van der Waals surface area contributed by atoms with E-state index in [2.05, 4.69) is 15.3 Å². The number of ether oxygens (including phenoxy) is 1. The van der Waals surface area contributed by atoms with Crippen molar-refractivity contribution in [3.8, 4) is 5.88 Å². The van der Waals surface area contributed by atoms with Gasteiger partial charge >= 0.3 is 0 Å². The summed E-state index contributed by atoms with van der Waals surface area (Å²) in [5, 5.41) is 2.82. The van der Waals surface area contributed by atoms with Crippen LogP contribution in [-0.4, -0.2) is 23.0 Å². The third kappa shape index (κ3) is 3.04. The summed E-state index contributed by atoms with van der Waals surface area (Å²) >= 11 is 0. The van der Waals surface area contributed by atoms with Crippen LogP contribution in [-0.2, 0) is 6.54 Å². The molecule has 0 atom stereocenters. The van der Waals surface area contributed by atoms with Crippen LogP contribution in [0.5, 0.6) is 5.88 Å². The minimum atomic E-state index is -0.131. The Kier molecular flexibility index (Phi) is 3.86. The van der Waals surface area contributed by atoms with Gasteiger partial charge in [-0.25, -0.2) is 4.98 Å². The lowest BCUT2D eigenvalue weighted by molar-refractivity contribution is 0.0950. The molecule has 18 heavy (non-hydrogen) atoms. The van der Waals surface area contributed by atoms with Crippen LogP contribution in [0, 0.1) is 0 Å². The Morgan fingerprint density at radius 2 is 2.06 bits per heavy atom. The zero-order valence-corrected chi connectivity index (χ0v) is 9.96. The van der Waals surface area contributed by atoms with Crippen LogP contribution in [0.3, 0.4) is 0 Å². The second-order valence-corrected chi connectivity index (χ2v) is 3.63. The van der Waals surface area contributed by atoms with E-state index in [1.165, 1.54) is 0 Å². The lowest BCUT2D eigenvalue weighted by Gasteiger charge is -2.06. The minimum absolute atomic E-state index is 0.131. The molecule has 0 saturated carbocycles. The summed E-state index contributed by atoms with van der Waals surface area (Å²) in [5.74, 6) is 0.402. The fourth-order valence-electron chi connectivity index (χ4n) is 1.46. The first-order valence-electron chi connectivity index (χ1n) is 5.47. The molecule has 2 aromatic rings. The molecule has 5 heteroatoms. The van der Waals surface area contributed by atoms with Gasteiger partial charge in [0.05, 0.1) is 7.11 Å². The van der Waals surface area contributed by atoms with Crippen molar-refractivity contribution in [2.24, 2.45) is 0 Å². The topological polar surface area (TPSA) is 64.1 Å². The normalized spacial score (nSPS) is 9.83. The molecule has 0 aromatic carbocycles. The molecule has 0 saturated heterocycles. The molecule has 0 radical (unpaired) electrons. The Bertz CT molecular complexity index is 529. The number of amides is 1. The number of hydrogen-bond donors (Lipinski definition) is 1. The van der Waals surface area contributed by atoms with Gasteiger partial charge in [-0.1, -0.05) is 0 Å². The number of hydrogen-bond acceptors (Lipinski definition) is 4. The van der Waals surface area contributed by atoms with Gasteiger partial charge in [0.1, 0.15) is 0 Å². The molecule has 92 valence electrons. The van der Waals surface area contributed by atoms with E-state index in [4.69, 9.17) is 4.74 Å². The van der Waals surface area contributed by atoms with Crippen molar-refractivity contribution in [1.82, 2.24) is 15.3 Å². The molecule has 0 aliphatic carbocycles. The van der Waals surface area contributed by atoms with Gasteiger partial charge in [-0.3, -0.25) is 9.78 Å². The van der Waals surface area contributed by atoms with Crippen LogP contribution in [0.1, 0.15) is 15.9 Å². The number of methoxy groups -OCH3 is 1. The van der Waals surface area contributed by atoms with E-state index >= 15 is 0 Å². The number of carbonyl (C=O) groups excluding carboxylic acids is 1. The highest BCUT2D eigenvalue weighted by Gasteiger charge is 2.04. The standard InChI is InChI=1S/C13H13N3O2/c1-18-12-8-10(2-7-15-12)9-16-13(17)11-3-5-14-6-4-11/h2-8H,9H2,1H3,(H,16,17). The predicted molar refractivity (Wildman–Crippen MR) is 66.2 cm³/mol. The van der Waals surface area contributed by atoms with E-state index in [-0.39, 0.29) is 5.91 Å².